The number of nitrogens with zero attached hydrogens (tertiary/aromatic N) is 5. The third-order valence-corrected chi connectivity index (χ3v) is 7.33. The van der Waals surface area contributed by atoms with Gasteiger partial charge in [0.15, 0.2) is 11.6 Å². The van der Waals surface area contributed by atoms with Crippen molar-refractivity contribution in [3.63, 3.8) is 0 Å². The summed E-state index contributed by atoms with van der Waals surface area (Å²) in [4.78, 5) is 28.4. The number of likely N-dealkylation sites (tertiary alicyclic amines) is 1. The van der Waals surface area contributed by atoms with E-state index in [-0.39, 0.29) is 18.1 Å². The third-order valence-electron chi connectivity index (χ3n) is 7.33. The summed E-state index contributed by atoms with van der Waals surface area (Å²) in [5.41, 5.74) is 2.24. The lowest BCUT2D eigenvalue weighted by molar-refractivity contribution is -0.00570. The van der Waals surface area contributed by atoms with Gasteiger partial charge in [0.25, 0.3) is 5.91 Å². The molecule has 1 spiro atoms. The highest BCUT2D eigenvalue weighted by atomic mass is 16.5. The van der Waals surface area contributed by atoms with Gasteiger partial charge in [-0.05, 0) is 53.7 Å². The summed E-state index contributed by atoms with van der Waals surface area (Å²) in [5.74, 6) is 1.74. The van der Waals surface area contributed by atoms with Gasteiger partial charge >= 0.3 is 0 Å². The molecule has 1 saturated heterocycles. The first kappa shape index (κ1) is 22.3. The van der Waals surface area contributed by atoms with Gasteiger partial charge < -0.3 is 18.9 Å². The van der Waals surface area contributed by atoms with Gasteiger partial charge in [0.05, 0.1) is 24.6 Å². The third kappa shape index (κ3) is 3.60. The summed E-state index contributed by atoms with van der Waals surface area (Å²) >= 11 is 0. The fourth-order valence-electron chi connectivity index (χ4n) is 5.33. The summed E-state index contributed by atoms with van der Waals surface area (Å²) in [6.45, 7) is 3.90. The van der Waals surface area contributed by atoms with Crippen molar-refractivity contribution in [3.05, 3.63) is 53.7 Å². The molecule has 0 radical (unpaired) electrons. The van der Waals surface area contributed by atoms with Gasteiger partial charge in [0.2, 0.25) is 0 Å². The Morgan fingerprint density at radius 2 is 2.03 bits per heavy atom. The van der Waals surface area contributed by atoms with E-state index in [0.717, 1.165) is 23.0 Å². The fraction of sp³-hybridized carbons (Fsp3) is 0.346. The Balaban J connectivity index is 1.20. The number of hydrogen-bond acceptors (Lipinski definition) is 7. The first-order chi connectivity index (χ1) is 17.5. The van der Waals surface area contributed by atoms with E-state index in [0.29, 0.717) is 54.4 Å². The molecule has 0 saturated carbocycles. The van der Waals surface area contributed by atoms with Crippen molar-refractivity contribution in [2.45, 2.75) is 38.3 Å². The Morgan fingerprint density at radius 1 is 1.19 bits per heavy atom. The second-order valence-corrected chi connectivity index (χ2v) is 9.35. The van der Waals surface area contributed by atoms with Crippen molar-refractivity contribution < 1.29 is 19.1 Å². The second-order valence-electron chi connectivity index (χ2n) is 9.35. The van der Waals surface area contributed by atoms with Gasteiger partial charge in [0, 0.05) is 55.2 Å². The number of hydrogen-bond donors (Lipinski definition) is 1. The number of methoxy groups -OCH3 is 1. The smallest absolute Gasteiger partial charge is 0.254 e. The monoisotopic (exact) mass is 486 g/mol. The van der Waals surface area contributed by atoms with Crippen LogP contribution in [0.1, 0.15) is 46.9 Å². The summed E-state index contributed by atoms with van der Waals surface area (Å²) in [7, 11) is 1.62. The summed E-state index contributed by atoms with van der Waals surface area (Å²) in [6.07, 6.45) is 3.46. The number of nitrogens with one attached hydrogen (secondary N) is 1. The van der Waals surface area contributed by atoms with Gasteiger partial charge in [-0.1, -0.05) is 0 Å². The lowest BCUT2D eigenvalue weighted by Crippen LogP contribution is -2.52. The second kappa shape index (κ2) is 8.47. The molecule has 2 aromatic heterocycles. The van der Waals surface area contributed by atoms with Crippen LogP contribution in [-0.2, 0) is 6.54 Å². The number of benzene rings is 2. The minimum atomic E-state index is -0.602. The number of carbonyl (C=O) groups is 2. The number of Topliss-reactive ketones (excluding diaryl/α,β-unsaturated/α-hetero) is 1. The highest BCUT2D eigenvalue weighted by molar-refractivity contribution is 6.02. The Bertz CT molecular complexity index is 1470. The number of ketones is 1. The molecule has 0 atom stereocenters. The van der Waals surface area contributed by atoms with Crippen molar-refractivity contribution in [3.8, 4) is 22.9 Å². The molecular formula is C26H26N6O4. The van der Waals surface area contributed by atoms with Crippen LogP contribution in [0.5, 0.6) is 11.5 Å². The van der Waals surface area contributed by atoms with Crippen LogP contribution in [0.3, 0.4) is 0 Å². The zero-order chi connectivity index (χ0) is 24.9. The van der Waals surface area contributed by atoms with Gasteiger partial charge in [-0.3, -0.25) is 9.59 Å². The number of rotatable bonds is 4. The van der Waals surface area contributed by atoms with Crippen LogP contribution in [0.15, 0.2) is 42.6 Å². The van der Waals surface area contributed by atoms with E-state index in [2.05, 4.69) is 32.1 Å². The Kier molecular flexibility index (Phi) is 5.24. The molecule has 4 aromatic rings. The van der Waals surface area contributed by atoms with Gasteiger partial charge in [-0.25, -0.2) is 5.10 Å². The number of amides is 1. The SMILES string of the molecule is CCn1ccc2c(OC)cc(C(=O)N3CCC4(CC3)CC(=O)c3cc(-c5nnn[nH]5)ccc3O4)cc21. The van der Waals surface area contributed by atoms with Crippen molar-refractivity contribution in [1.82, 2.24) is 30.1 Å². The highest BCUT2D eigenvalue weighted by Gasteiger charge is 2.44. The normalized spacial score (nSPS) is 16.7. The zero-order valence-corrected chi connectivity index (χ0v) is 20.2. The highest BCUT2D eigenvalue weighted by Crippen LogP contribution is 2.41. The summed E-state index contributed by atoms with van der Waals surface area (Å²) in [6, 6.07) is 11.2. The van der Waals surface area contributed by atoms with Crippen molar-refractivity contribution in [2.24, 2.45) is 0 Å². The molecule has 6 rings (SSSR count). The maximum Gasteiger partial charge on any atom is 0.254 e. The molecule has 10 nitrogen and oxygen atoms in total. The fourth-order valence-corrected chi connectivity index (χ4v) is 5.33. The average molecular weight is 487 g/mol. The molecule has 36 heavy (non-hydrogen) atoms. The molecule has 1 amide bonds. The first-order valence-electron chi connectivity index (χ1n) is 12.1. The lowest BCUT2D eigenvalue weighted by Gasteiger charge is -2.44. The maximum absolute atomic E-state index is 13.5. The number of aromatic amines is 1. The van der Waals surface area contributed by atoms with Crippen LogP contribution in [0, 0.1) is 0 Å². The topological polar surface area (TPSA) is 115 Å². The minimum absolute atomic E-state index is 0.0286. The molecule has 2 aromatic carbocycles. The Labute approximate surface area is 207 Å². The molecule has 0 aliphatic carbocycles. The van der Waals surface area contributed by atoms with Crippen LogP contribution in [-0.4, -0.2) is 67.6 Å². The molecule has 4 heterocycles. The van der Waals surface area contributed by atoms with Crippen LogP contribution >= 0.6 is 0 Å². The number of piperidine rings is 1. The van der Waals surface area contributed by atoms with Crippen molar-refractivity contribution in [2.75, 3.05) is 20.2 Å². The van der Waals surface area contributed by atoms with E-state index >= 15 is 0 Å². The number of H-pyrrole nitrogens is 1. The number of carbonyl (C=O) groups excluding carboxylic acids is 2. The van der Waals surface area contributed by atoms with E-state index < -0.39 is 5.60 Å². The predicted octanol–water partition coefficient (Wildman–Crippen LogP) is 3.49. The van der Waals surface area contributed by atoms with Gasteiger partial charge in [-0.15, -0.1) is 5.10 Å². The molecule has 2 aliphatic rings. The van der Waals surface area contributed by atoms with Crippen molar-refractivity contribution >= 4 is 22.6 Å². The van der Waals surface area contributed by atoms with Gasteiger partial charge in [0.1, 0.15) is 17.1 Å². The maximum atomic E-state index is 13.5. The molecule has 1 N–H and O–H groups in total. The molecule has 2 aliphatic heterocycles. The average Bonchev–Trinajstić information content (AvgIpc) is 3.58. The van der Waals surface area contributed by atoms with E-state index in [1.807, 2.05) is 35.4 Å². The van der Waals surface area contributed by atoms with E-state index in [1.165, 1.54) is 0 Å². The Morgan fingerprint density at radius 3 is 2.75 bits per heavy atom. The standard InChI is InChI=1S/C26H26N6O4/c1-3-31-9-6-18-20(31)13-17(14-23(18)35-2)25(34)32-10-7-26(8-11-32)15-21(33)19-12-16(4-5-22(19)36-26)24-27-29-30-28-24/h4-6,9,12-14H,3,7-8,10-11,15H2,1-2H3,(H,27,28,29,30). The quantitative estimate of drug-likeness (QED) is 0.469. The van der Waals surface area contributed by atoms with E-state index in [9.17, 15) is 9.59 Å². The zero-order valence-electron chi connectivity index (χ0n) is 20.2. The largest absolute Gasteiger partial charge is 0.496 e. The van der Waals surface area contributed by atoms with Crippen LogP contribution < -0.4 is 9.47 Å². The molecule has 1 fully saturated rings. The van der Waals surface area contributed by atoms with Crippen LogP contribution in [0.4, 0.5) is 0 Å². The van der Waals surface area contributed by atoms with E-state index in [4.69, 9.17) is 9.47 Å². The minimum Gasteiger partial charge on any atom is -0.496 e. The van der Waals surface area contributed by atoms with Crippen molar-refractivity contribution in [1.29, 1.82) is 0 Å². The summed E-state index contributed by atoms with van der Waals surface area (Å²) in [5, 5.41) is 14.8. The first-order valence-corrected chi connectivity index (χ1v) is 12.1. The number of ether oxygens (including phenoxy) is 2. The van der Waals surface area contributed by atoms with Gasteiger partial charge in [-0.2, -0.15) is 0 Å². The number of aryl methyl sites for hydroxylation is 1. The molecular weight excluding hydrogens is 460 g/mol. The van der Waals surface area contributed by atoms with Crippen LogP contribution in [0.2, 0.25) is 0 Å². The summed E-state index contributed by atoms with van der Waals surface area (Å²) < 4.78 is 14.1. The number of tetrazole rings is 1. The van der Waals surface area contributed by atoms with E-state index in [1.54, 1.807) is 19.2 Å². The lowest BCUT2D eigenvalue weighted by atomic mass is 9.82. The van der Waals surface area contributed by atoms with Crippen LogP contribution in [0.25, 0.3) is 22.3 Å². The Hall–Kier alpha value is -4.21. The molecule has 184 valence electrons. The predicted molar refractivity (Wildman–Crippen MR) is 131 cm³/mol. The molecule has 0 unspecified atom stereocenters. The number of fused-ring (bicyclic) bond motifs is 2. The molecule has 0 bridgehead atoms. The molecule has 10 heteroatoms. The number of aromatic nitrogens is 5.